The van der Waals surface area contributed by atoms with Gasteiger partial charge >= 0.3 is 6.18 Å². The molecule has 1 N–H and O–H groups in total. The molecule has 1 aliphatic heterocycles. The Bertz CT molecular complexity index is 692. The van der Waals surface area contributed by atoms with Crippen LogP contribution in [0.25, 0.3) is 5.57 Å². The maximum absolute atomic E-state index is 12.7. The van der Waals surface area contributed by atoms with Gasteiger partial charge in [-0.05, 0) is 57.0 Å². The second-order valence-electron chi connectivity index (χ2n) is 7.03. The fourth-order valence-electron chi connectivity index (χ4n) is 3.68. The molecule has 7 heteroatoms. The van der Waals surface area contributed by atoms with Gasteiger partial charge in [-0.1, -0.05) is 12.1 Å². The summed E-state index contributed by atoms with van der Waals surface area (Å²) in [4.78, 5) is 2.73. The van der Waals surface area contributed by atoms with Crippen LogP contribution in [0, 0.1) is 0 Å². The molecule has 0 bridgehead atoms. The van der Waals surface area contributed by atoms with Crippen LogP contribution in [0.3, 0.4) is 0 Å². The van der Waals surface area contributed by atoms with Crippen molar-refractivity contribution in [1.29, 1.82) is 0 Å². The lowest BCUT2D eigenvalue weighted by atomic mass is 9.90. The number of halogens is 3. The molecule has 0 aromatic heterocycles. The van der Waals surface area contributed by atoms with E-state index in [0.29, 0.717) is 22.2 Å². The summed E-state index contributed by atoms with van der Waals surface area (Å²) in [7, 11) is 2.64. The lowest BCUT2D eigenvalue weighted by Gasteiger charge is -2.33. The van der Waals surface area contributed by atoms with Crippen molar-refractivity contribution in [3.8, 4) is 0 Å². The van der Waals surface area contributed by atoms with E-state index in [1.54, 1.807) is 12.1 Å². The van der Waals surface area contributed by atoms with E-state index in [4.69, 9.17) is 0 Å². The molecular formula is C18H23F3N2OS. The van der Waals surface area contributed by atoms with E-state index in [1.807, 2.05) is 6.07 Å². The SMILES string of the molecule is CN(C)C1CCC(Nc2cccc3c2S(=O)C=C3CC(F)(F)F)CC1. The molecule has 2 aliphatic rings. The number of nitrogens with one attached hydrogen (secondary N) is 1. The predicted molar refractivity (Wildman–Crippen MR) is 94.9 cm³/mol. The highest BCUT2D eigenvalue weighted by molar-refractivity contribution is 7.88. The Morgan fingerprint density at radius 2 is 1.88 bits per heavy atom. The first-order chi connectivity index (χ1) is 11.7. The molecule has 1 atom stereocenters. The molecule has 1 heterocycles. The number of nitrogens with zero attached hydrogens (tertiary/aromatic N) is 1. The minimum atomic E-state index is -4.30. The zero-order valence-electron chi connectivity index (χ0n) is 14.4. The zero-order chi connectivity index (χ0) is 18.2. The molecule has 0 spiro atoms. The molecular weight excluding hydrogens is 349 g/mol. The summed E-state index contributed by atoms with van der Waals surface area (Å²) in [6, 6.07) is 6.03. The highest BCUT2D eigenvalue weighted by Gasteiger charge is 2.34. The molecule has 1 fully saturated rings. The summed E-state index contributed by atoms with van der Waals surface area (Å²) in [6.45, 7) is 0. The minimum absolute atomic E-state index is 0.112. The van der Waals surface area contributed by atoms with Gasteiger partial charge in [-0.2, -0.15) is 13.2 Å². The fraction of sp³-hybridized carbons (Fsp3) is 0.556. The molecule has 0 saturated heterocycles. The molecule has 1 aromatic rings. The van der Waals surface area contributed by atoms with E-state index in [2.05, 4.69) is 24.3 Å². The molecule has 1 unspecified atom stereocenters. The molecule has 1 aromatic carbocycles. The Kier molecular flexibility index (Phi) is 5.25. The molecule has 138 valence electrons. The lowest BCUT2D eigenvalue weighted by molar-refractivity contribution is -0.122. The number of allylic oxidation sites excluding steroid dienone is 1. The largest absolute Gasteiger partial charge is 0.393 e. The Morgan fingerprint density at radius 3 is 2.48 bits per heavy atom. The first-order valence-electron chi connectivity index (χ1n) is 8.49. The Labute approximate surface area is 148 Å². The van der Waals surface area contributed by atoms with Gasteiger partial charge < -0.3 is 10.2 Å². The summed E-state index contributed by atoms with van der Waals surface area (Å²) < 4.78 is 50.6. The van der Waals surface area contributed by atoms with Gasteiger partial charge in [0.1, 0.15) is 0 Å². The molecule has 25 heavy (non-hydrogen) atoms. The van der Waals surface area contributed by atoms with Crippen molar-refractivity contribution in [2.45, 2.75) is 55.3 Å². The standard InChI is InChI=1S/C18H23F3N2OS/c1-23(2)14-8-6-13(7-9-14)22-16-5-3-4-15-12(10-18(19,20)21)11-25(24)17(15)16/h3-5,11,13-14,22H,6-10H2,1-2H3. The average Bonchev–Trinajstić information content (AvgIpc) is 2.83. The van der Waals surface area contributed by atoms with Crippen LogP contribution in [0.2, 0.25) is 0 Å². The van der Waals surface area contributed by atoms with Gasteiger partial charge in [0, 0.05) is 17.5 Å². The maximum atomic E-state index is 12.7. The number of alkyl halides is 3. The Hall–Kier alpha value is -1.34. The number of benzene rings is 1. The maximum Gasteiger partial charge on any atom is 0.393 e. The van der Waals surface area contributed by atoms with Crippen LogP contribution >= 0.6 is 0 Å². The predicted octanol–water partition coefficient (Wildman–Crippen LogP) is 4.39. The summed E-state index contributed by atoms with van der Waals surface area (Å²) in [5.41, 5.74) is 1.28. The minimum Gasteiger partial charge on any atom is -0.381 e. The van der Waals surface area contributed by atoms with Gasteiger partial charge in [0.25, 0.3) is 0 Å². The normalized spacial score (nSPS) is 26.5. The van der Waals surface area contributed by atoms with Crippen LogP contribution in [0.15, 0.2) is 28.5 Å². The van der Waals surface area contributed by atoms with E-state index in [-0.39, 0.29) is 11.6 Å². The van der Waals surface area contributed by atoms with Crippen LogP contribution in [-0.2, 0) is 10.8 Å². The second kappa shape index (κ2) is 7.11. The van der Waals surface area contributed by atoms with Gasteiger partial charge in [-0.3, -0.25) is 0 Å². The first-order valence-corrected chi connectivity index (χ1v) is 9.70. The monoisotopic (exact) mass is 372 g/mol. The lowest BCUT2D eigenvalue weighted by Crippen LogP contribution is -2.36. The van der Waals surface area contributed by atoms with Crippen molar-refractivity contribution in [3.63, 3.8) is 0 Å². The quantitative estimate of drug-likeness (QED) is 0.851. The van der Waals surface area contributed by atoms with E-state index in [1.165, 1.54) is 5.41 Å². The Morgan fingerprint density at radius 1 is 1.20 bits per heavy atom. The van der Waals surface area contributed by atoms with Crippen molar-refractivity contribution in [2.75, 3.05) is 19.4 Å². The van der Waals surface area contributed by atoms with Gasteiger partial charge in [0.05, 0.1) is 27.8 Å². The molecule has 1 saturated carbocycles. The highest BCUT2D eigenvalue weighted by Crippen LogP contribution is 2.41. The topological polar surface area (TPSA) is 32.3 Å². The van der Waals surface area contributed by atoms with Crippen LogP contribution in [0.5, 0.6) is 0 Å². The van der Waals surface area contributed by atoms with Gasteiger partial charge in [0.2, 0.25) is 0 Å². The molecule has 1 aliphatic carbocycles. The third-order valence-corrected chi connectivity index (χ3v) is 6.33. The summed E-state index contributed by atoms with van der Waals surface area (Å²) in [5, 5.41) is 4.67. The van der Waals surface area contributed by atoms with E-state index in [0.717, 1.165) is 25.7 Å². The van der Waals surface area contributed by atoms with E-state index >= 15 is 0 Å². The summed E-state index contributed by atoms with van der Waals surface area (Å²) >= 11 is 0. The first kappa shape index (κ1) is 18.5. The average molecular weight is 372 g/mol. The highest BCUT2D eigenvalue weighted by atomic mass is 32.2. The summed E-state index contributed by atoms with van der Waals surface area (Å²) in [6.07, 6.45) is -1.17. The molecule has 3 nitrogen and oxygen atoms in total. The van der Waals surface area contributed by atoms with Crippen molar-refractivity contribution < 1.29 is 17.4 Å². The third kappa shape index (κ3) is 4.26. The molecule has 0 amide bonds. The number of fused-ring (bicyclic) bond motifs is 1. The second-order valence-corrected chi connectivity index (χ2v) is 8.27. The number of hydrogen-bond donors (Lipinski definition) is 1. The van der Waals surface area contributed by atoms with Gasteiger partial charge in [0.15, 0.2) is 0 Å². The fourth-order valence-corrected chi connectivity index (χ4v) is 5.03. The van der Waals surface area contributed by atoms with Crippen molar-refractivity contribution in [2.24, 2.45) is 0 Å². The Balaban J connectivity index is 1.75. The van der Waals surface area contributed by atoms with Crippen LogP contribution in [0.1, 0.15) is 37.7 Å². The number of hydrogen-bond acceptors (Lipinski definition) is 3. The van der Waals surface area contributed by atoms with E-state index in [9.17, 15) is 17.4 Å². The van der Waals surface area contributed by atoms with Crippen LogP contribution in [-0.4, -0.2) is 41.5 Å². The zero-order valence-corrected chi connectivity index (χ0v) is 15.2. The smallest absolute Gasteiger partial charge is 0.381 e. The van der Waals surface area contributed by atoms with E-state index < -0.39 is 23.4 Å². The number of rotatable bonds is 4. The summed E-state index contributed by atoms with van der Waals surface area (Å²) in [5.74, 6) is 0. The van der Waals surface area contributed by atoms with Gasteiger partial charge in [-0.25, -0.2) is 4.21 Å². The van der Waals surface area contributed by atoms with Gasteiger partial charge in [-0.15, -0.1) is 0 Å². The molecule has 3 rings (SSSR count). The molecule has 0 radical (unpaired) electrons. The van der Waals surface area contributed by atoms with Crippen molar-refractivity contribution in [3.05, 3.63) is 29.2 Å². The number of anilines is 1. The third-order valence-electron chi connectivity index (χ3n) is 4.99. The van der Waals surface area contributed by atoms with Crippen LogP contribution in [0.4, 0.5) is 18.9 Å². The van der Waals surface area contributed by atoms with Crippen molar-refractivity contribution in [1.82, 2.24) is 4.90 Å². The van der Waals surface area contributed by atoms with Crippen molar-refractivity contribution >= 4 is 22.1 Å². The van der Waals surface area contributed by atoms with Crippen LogP contribution < -0.4 is 5.32 Å².